The van der Waals surface area contributed by atoms with E-state index in [0.717, 1.165) is 5.56 Å². The maximum absolute atomic E-state index is 13.1. The number of halogens is 2. The third kappa shape index (κ3) is 3.57. The molecule has 2 rings (SSSR count). The molecule has 0 saturated carbocycles. The van der Waals surface area contributed by atoms with E-state index < -0.39 is 0 Å². The predicted octanol–water partition coefficient (Wildman–Crippen LogP) is 3.78. The molecule has 0 bridgehead atoms. The van der Waals surface area contributed by atoms with E-state index >= 15 is 0 Å². The number of anilines is 1. The third-order valence-electron chi connectivity index (χ3n) is 2.75. The molecule has 0 aliphatic heterocycles. The first-order chi connectivity index (χ1) is 9.60. The molecule has 0 unspecified atom stereocenters. The van der Waals surface area contributed by atoms with Crippen molar-refractivity contribution in [3.63, 3.8) is 0 Å². The Labute approximate surface area is 124 Å². The van der Waals surface area contributed by atoms with E-state index in [2.05, 4.69) is 21.2 Å². The molecule has 0 aliphatic carbocycles. The average Bonchev–Trinajstić information content (AvgIpc) is 2.43. The molecule has 0 aromatic heterocycles. The minimum Gasteiger partial charge on any atom is -0.496 e. The third-order valence-corrected chi connectivity index (χ3v) is 3.35. The Kier molecular flexibility index (Phi) is 4.74. The van der Waals surface area contributed by atoms with Crippen LogP contribution in [0.25, 0.3) is 0 Å². The van der Waals surface area contributed by atoms with Gasteiger partial charge in [0.15, 0.2) is 0 Å². The fraction of sp³-hybridized carbons (Fsp3) is 0.133. The molecule has 0 radical (unpaired) electrons. The van der Waals surface area contributed by atoms with Crippen molar-refractivity contribution in [3.05, 3.63) is 58.3 Å². The van der Waals surface area contributed by atoms with Gasteiger partial charge in [-0.1, -0.05) is 18.2 Å². The van der Waals surface area contributed by atoms with Crippen LogP contribution in [0.3, 0.4) is 0 Å². The molecule has 2 aromatic carbocycles. The van der Waals surface area contributed by atoms with Gasteiger partial charge in [0.25, 0.3) is 0 Å². The summed E-state index contributed by atoms with van der Waals surface area (Å²) in [6.45, 7) is 0. The molecule has 1 amide bonds. The summed E-state index contributed by atoms with van der Waals surface area (Å²) in [5, 5.41) is 2.72. The van der Waals surface area contributed by atoms with Crippen molar-refractivity contribution in [2.45, 2.75) is 6.42 Å². The Bertz CT molecular complexity index is 631. The Morgan fingerprint density at radius 1 is 1.30 bits per heavy atom. The van der Waals surface area contributed by atoms with Gasteiger partial charge in [0.2, 0.25) is 5.91 Å². The first-order valence-corrected chi connectivity index (χ1v) is 6.76. The van der Waals surface area contributed by atoms with Gasteiger partial charge < -0.3 is 10.1 Å². The van der Waals surface area contributed by atoms with Crippen molar-refractivity contribution in [2.24, 2.45) is 0 Å². The summed E-state index contributed by atoms with van der Waals surface area (Å²) in [7, 11) is 1.56. The van der Waals surface area contributed by atoms with Crippen LogP contribution in [0.5, 0.6) is 5.75 Å². The quantitative estimate of drug-likeness (QED) is 0.921. The Morgan fingerprint density at radius 3 is 2.75 bits per heavy atom. The molecule has 5 heteroatoms. The van der Waals surface area contributed by atoms with Crippen molar-refractivity contribution in [1.82, 2.24) is 0 Å². The molecule has 0 fully saturated rings. The maximum Gasteiger partial charge on any atom is 0.228 e. The van der Waals surface area contributed by atoms with Gasteiger partial charge >= 0.3 is 0 Å². The summed E-state index contributed by atoms with van der Waals surface area (Å²) in [6.07, 6.45) is 0.193. The molecule has 20 heavy (non-hydrogen) atoms. The van der Waals surface area contributed by atoms with Crippen LogP contribution in [0, 0.1) is 5.82 Å². The van der Waals surface area contributed by atoms with Gasteiger partial charge in [0, 0.05) is 11.3 Å². The molecular formula is C15H13BrFNO2. The van der Waals surface area contributed by atoms with E-state index in [1.807, 2.05) is 18.2 Å². The minimum absolute atomic E-state index is 0.187. The summed E-state index contributed by atoms with van der Waals surface area (Å²) >= 11 is 3.08. The smallest absolute Gasteiger partial charge is 0.228 e. The fourth-order valence-corrected chi connectivity index (χ4v) is 2.18. The summed E-state index contributed by atoms with van der Waals surface area (Å²) in [4.78, 5) is 12.0. The number of rotatable bonds is 4. The lowest BCUT2D eigenvalue weighted by molar-refractivity contribution is -0.115. The monoisotopic (exact) mass is 337 g/mol. The first kappa shape index (κ1) is 14.5. The van der Waals surface area contributed by atoms with Gasteiger partial charge in [-0.25, -0.2) is 4.39 Å². The number of carbonyl (C=O) groups excluding carboxylic acids is 1. The molecule has 1 N–H and O–H groups in total. The molecule has 0 aliphatic rings. The van der Waals surface area contributed by atoms with Crippen molar-refractivity contribution < 1.29 is 13.9 Å². The summed E-state index contributed by atoms with van der Waals surface area (Å²) < 4.78 is 18.6. The molecule has 0 saturated heterocycles. The van der Waals surface area contributed by atoms with E-state index in [9.17, 15) is 9.18 Å². The van der Waals surface area contributed by atoms with Crippen molar-refractivity contribution in [3.8, 4) is 5.75 Å². The SMILES string of the molecule is COc1ccccc1CC(=O)Nc1ccc(F)c(Br)c1. The maximum atomic E-state index is 13.1. The lowest BCUT2D eigenvalue weighted by atomic mass is 10.1. The van der Waals surface area contributed by atoms with E-state index in [0.29, 0.717) is 15.9 Å². The standard InChI is InChI=1S/C15H13BrFNO2/c1-20-14-5-3-2-4-10(14)8-15(19)18-11-6-7-13(17)12(16)9-11/h2-7,9H,8H2,1H3,(H,18,19). The molecular weight excluding hydrogens is 325 g/mol. The van der Waals surface area contributed by atoms with E-state index in [-0.39, 0.29) is 18.1 Å². The van der Waals surface area contributed by atoms with Gasteiger partial charge in [-0.3, -0.25) is 4.79 Å². The number of amides is 1. The van der Waals surface area contributed by atoms with Gasteiger partial charge in [-0.2, -0.15) is 0 Å². The second-order valence-electron chi connectivity index (χ2n) is 4.17. The minimum atomic E-state index is -0.368. The van der Waals surface area contributed by atoms with Crippen LogP contribution in [0.4, 0.5) is 10.1 Å². The molecule has 3 nitrogen and oxygen atoms in total. The van der Waals surface area contributed by atoms with Crippen LogP contribution in [-0.4, -0.2) is 13.0 Å². The lowest BCUT2D eigenvalue weighted by Crippen LogP contribution is -2.15. The predicted molar refractivity (Wildman–Crippen MR) is 79.4 cm³/mol. The summed E-state index contributed by atoms with van der Waals surface area (Å²) in [5.74, 6) is 0.115. The number of benzene rings is 2. The van der Waals surface area contributed by atoms with Crippen LogP contribution >= 0.6 is 15.9 Å². The highest BCUT2D eigenvalue weighted by Crippen LogP contribution is 2.21. The first-order valence-electron chi connectivity index (χ1n) is 5.97. The van der Waals surface area contributed by atoms with Crippen LogP contribution < -0.4 is 10.1 Å². The molecule has 0 heterocycles. The van der Waals surface area contributed by atoms with Crippen LogP contribution in [0.2, 0.25) is 0 Å². The largest absolute Gasteiger partial charge is 0.496 e. The molecule has 0 atom stereocenters. The summed E-state index contributed by atoms with van der Waals surface area (Å²) in [5.41, 5.74) is 1.34. The number of nitrogens with one attached hydrogen (secondary N) is 1. The Morgan fingerprint density at radius 2 is 2.05 bits per heavy atom. The second-order valence-corrected chi connectivity index (χ2v) is 5.02. The van der Waals surface area contributed by atoms with Crippen molar-refractivity contribution in [1.29, 1.82) is 0 Å². The zero-order chi connectivity index (χ0) is 14.5. The fourth-order valence-electron chi connectivity index (χ4n) is 1.80. The van der Waals surface area contributed by atoms with Crippen molar-refractivity contribution >= 4 is 27.5 Å². The highest BCUT2D eigenvalue weighted by atomic mass is 79.9. The van der Waals surface area contributed by atoms with Gasteiger partial charge in [0.05, 0.1) is 18.0 Å². The van der Waals surface area contributed by atoms with Gasteiger partial charge in [0.1, 0.15) is 11.6 Å². The average molecular weight is 338 g/mol. The zero-order valence-corrected chi connectivity index (χ0v) is 12.4. The highest BCUT2D eigenvalue weighted by molar-refractivity contribution is 9.10. The topological polar surface area (TPSA) is 38.3 Å². The zero-order valence-electron chi connectivity index (χ0n) is 10.8. The number of carbonyl (C=O) groups is 1. The number of hydrogen-bond acceptors (Lipinski definition) is 2. The number of hydrogen-bond donors (Lipinski definition) is 1. The molecule has 2 aromatic rings. The summed E-state index contributed by atoms with van der Waals surface area (Å²) in [6, 6.07) is 11.7. The number of ether oxygens (including phenoxy) is 1. The lowest BCUT2D eigenvalue weighted by Gasteiger charge is -2.09. The van der Waals surface area contributed by atoms with E-state index in [1.165, 1.54) is 18.2 Å². The van der Waals surface area contributed by atoms with Crippen molar-refractivity contribution in [2.75, 3.05) is 12.4 Å². The van der Waals surface area contributed by atoms with Crippen LogP contribution in [-0.2, 0) is 11.2 Å². The second kappa shape index (κ2) is 6.52. The van der Waals surface area contributed by atoms with Gasteiger partial charge in [-0.15, -0.1) is 0 Å². The highest BCUT2D eigenvalue weighted by Gasteiger charge is 2.09. The van der Waals surface area contributed by atoms with E-state index in [1.54, 1.807) is 13.2 Å². The van der Waals surface area contributed by atoms with Crippen LogP contribution in [0.15, 0.2) is 46.9 Å². The number of methoxy groups -OCH3 is 1. The molecule has 104 valence electrons. The van der Waals surface area contributed by atoms with Gasteiger partial charge in [-0.05, 0) is 40.2 Å². The number of para-hydroxylation sites is 1. The van der Waals surface area contributed by atoms with E-state index in [4.69, 9.17) is 4.74 Å². The normalized spacial score (nSPS) is 10.2. The Balaban J connectivity index is 2.07. The Hall–Kier alpha value is -1.88. The van der Waals surface area contributed by atoms with Crippen LogP contribution in [0.1, 0.15) is 5.56 Å². The molecule has 0 spiro atoms.